The van der Waals surface area contributed by atoms with Crippen LogP contribution in [0.3, 0.4) is 0 Å². The maximum atomic E-state index is 6.32. The van der Waals surface area contributed by atoms with Gasteiger partial charge in [0.2, 0.25) is 0 Å². The fourth-order valence-corrected chi connectivity index (χ4v) is 4.18. The van der Waals surface area contributed by atoms with E-state index in [9.17, 15) is 0 Å². The van der Waals surface area contributed by atoms with Gasteiger partial charge in [0.1, 0.15) is 0 Å². The van der Waals surface area contributed by atoms with Gasteiger partial charge in [0.25, 0.3) is 0 Å². The summed E-state index contributed by atoms with van der Waals surface area (Å²) in [6, 6.07) is 0. The Balaban J connectivity index is 0. The standard InChI is InChI=1S/C10H17N.ClH.Mg.2H/c11-10-4-7-1-8(5-10)3-9(2-7)6-10;;;;/h7-9H,1-6,11H2;1H;;;/q;;+2;2*-1. The Morgan fingerprint density at radius 3 is 1.46 bits per heavy atom. The third-order valence-corrected chi connectivity index (χ3v) is 4.09. The second-order valence-electron chi connectivity index (χ2n) is 5.28. The monoisotopic (exact) mass is 213 g/mol. The fraction of sp³-hybridized carbons (Fsp3) is 1.00. The van der Waals surface area contributed by atoms with Gasteiger partial charge < -0.3 is 8.59 Å². The van der Waals surface area contributed by atoms with Gasteiger partial charge in [0, 0.05) is 5.54 Å². The third-order valence-electron chi connectivity index (χ3n) is 4.09. The van der Waals surface area contributed by atoms with E-state index in [1.165, 1.54) is 38.5 Å². The molecule has 4 fully saturated rings. The van der Waals surface area contributed by atoms with Crippen molar-refractivity contribution in [1.82, 2.24) is 0 Å². The summed E-state index contributed by atoms with van der Waals surface area (Å²) in [5.74, 6) is 3.06. The molecule has 74 valence electrons. The van der Waals surface area contributed by atoms with Crippen LogP contribution in [-0.4, -0.2) is 28.6 Å². The number of halogens is 1. The molecule has 4 rings (SSSR count). The molecule has 13 heavy (non-hydrogen) atoms. The first-order valence-corrected chi connectivity index (χ1v) is 5.02. The van der Waals surface area contributed by atoms with Crippen LogP contribution < -0.4 is 5.73 Å². The van der Waals surface area contributed by atoms with Crippen molar-refractivity contribution in [2.45, 2.75) is 44.1 Å². The van der Waals surface area contributed by atoms with Gasteiger partial charge in [-0.3, -0.25) is 0 Å². The van der Waals surface area contributed by atoms with E-state index in [4.69, 9.17) is 5.73 Å². The smallest absolute Gasteiger partial charge is 1.00 e. The summed E-state index contributed by atoms with van der Waals surface area (Å²) in [6.07, 6.45) is 8.57. The summed E-state index contributed by atoms with van der Waals surface area (Å²) in [6.45, 7) is 0. The van der Waals surface area contributed by atoms with Gasteiger partial charge in [-0.05, 0) is 56.3 Å². The molecular formula is C10H20ClMgN. The van der Waals surface area contributed by atoms with Gasteiger partial charge in [-0.25, -0.2) is 0 Å². The number of rotatable bonds is 0. The number of hydrogen-bond acceptors (Lipinski definition) is 1. The molecule has 4 saturated carbocycles. The molecule has 0 unspecified atom stereocenters. The summed E-state index contributed by atoms with van der Waals surface area (Å²) in [7, 11) is 0. The second-order valence-corrected chi connectivity index (χ2v) is 5.28. The Morgan fingerprint density at radius 1 is 0.923 bits per heavy atom. The topological polar surface area (TPSA) is 26.0 Å². The van der Waals surface area contributed by atoms with Crippen molar-refractivity contribution in [2.24, 2.45) is 23.5 Å². The molecule has 0 radical (unpaired) electrons. The molecule has 0 spiro atoms. The molecule has 0 heterocycles. The van der Waals surface area contributed by atoms with Crippen molar-refractivity contribution in [1.29, 1.82) is 0 Å². The van der Waals surface area contributed by atoms with Crippen molar-refractivity contribution in [3.8, 4) is 0 Å². The van der Waals surface area contributed by atoms with Crippen molar-refractivity contribution < 1.29 is 2.85 Å². The predicted molar refractivity (Wildman–Crippen MR) is 60.3 cm³/mol. The van der Waals surface area contributed by atoms with Gasteiger partial charge in [-0.1, -0.05) is 0 Å². The maximum Gasteiger partial charge on any atom is 2.00 e. The molecule has 4 bridgehead atoms. The minimum Gasteiger partial charge on any atom is -1.00 e. The van der Waals surface area contributed by atoms with Crippen molar-refractivity contribution in [3.05, 3.63) is 0 Å². The summed E-state index contributed by atoms with van der Waals surface area (Å²) in [5, 5.41) is 0. The molecule has 0 saturated heterocycles. The van der Waals surface area contributed by atoms with Gasteiger partial charge >= 0.3 is 23.1 Å². The van der Waals surface area contributed by atoms with Crippen LogP contribution in [0.4, 0.5) is 0 Å². The third kappa shape index (κ3) is 2.01. The van der Waals surface area contributed by atoms with Crippen LogP contribution in [0.15, 0.2) is 0 Å². The molecule has 0 aromatic carbocycles. The minimum absolute atomic E-state index is 0. The fourth-order valence-electron chi connectivity index (χ4n) is 4.18. The SMILES string of the molecule is Cl.NC12CC3CC(CC(C3)C1)C2.[H-].[H-].[Mg+2]. The van der Waals surface area contributed by atoms with E-state index in [-0.39, 0.29) is 38.3 Å². The van der Waals surface area contributed by atoms with Crippen LogP contribution in [-0.2, 0) is 0 Å². The second kappa shape index (κ2) is 3.88. The number of hydrogen-bond donors (Lipinski definition) is 1. The van der Waals surface area contributed by atoms with Crippen LogP contribution in [0.2, 0.25) is 0 Å². The van der Waals surface area contributed by atoms with Crippen LogP contribution in [0, 0.1) is 17.8 Å². The van der Waals surface area contributed by atoms with Crippen LogP contribution in [0.25, 0.3) is 0 Å². The molecule has 3 heteroatoms. The largest absolute Gasteiger partial charge is 2.00 e. The predicted octanol–water partition coefficient (Wildman–Crippen LogP) is 2.18. The summed E-state index contributed by atoms with van der Waals surface area (Å²) < 4.78 is 0. The molecule has 4 aliphatic carbocycles. The van der Waals surface area contributed by atoms with Crippen molar-refractivity contribution in [3.63, 3.8) is 0 Å². The van der Waals surface area contributed by atoms with Crippen molar-refractivity contribution >= 4 is 35.5 Å². The summed E-state index contributed by atoms with van der Waals surface area (Å²) >= 11 is 0. The van der Waals surface area contributed by atoms with E-state index in [2.05, 4.69) is 0 Å². The normalized spacial score (nSPS) is 51.0. The van der Waals surface area contributed by atoms with E-state index < -0.39 is 0 Å². The zero-order valence-electron chi connectivity index (χ0n) is 10.2. The summed E-state index contributed by atoms with van der Waals surface area (Å²) in [5.41, 5.74) is 6.62. The first-order chi connectivity index (χ1) is 5.23. The molecule has 4 aliphatic rings. The number of nitrogens with two attached hydrogens (primary N) is 1. The molecule has 0 aromatic heterocycles. The maximum absolute atomic E-state index is 6.32. The Labute approximate surface area is 106 Å². The van der Waals surface area contributed by atoms with Gasteiger partial charge in [-0.2, -0.15) is 0 Å². The van der Waals surface area contributed by atoms with E-state index in [0.29, 0.717) is 5.54 Å². The first kappa shape index (κ1) is 12.1. The first-order valence-electron chi connectivity index (χ1n) is 5.02. The molecule has 0 aliphatic heterocycles. The Bertz CT molecular complexity index is 169. The van der Waals surface area contributed by atoms with E-state index in [1.54, 1.807) is 0 Å². The van der Waals surface area contributed by atoms with Gasteiger partial charge in [0.15, 0.2) is 0 Å². The van der Waals surface area contributed by atoms with Crippen LogP contribution in [0.1, 0.15) is 41.4 Å². The molecule has 0 aromatic rings. The summed E-state index contributed by atoms with van der Waals surface area (Å²) in [4.78, 5) is 0. The molecule has 0 amide bonds. The molecular weight excluding hydrogens is 194 g/mol. The molecule has 1 nitrogen and oxygen atoms in total. The Hall–Kier alpha value is 1.02. The molecule has 2 N–H and O–H groups in total. The van der Waals surface area contributed by atoms with E-state index in [1.807, 2.05) is 0 Å². The van der Waals surface area contributed by atoms with Crippen molar-refractivity contribution in [2.75, 3.05) is 0 Å². The van der Waals surface area contributed by atoms with Crippen LogP contribution in [0.5, 0.6) is 0 Å². The van der Waals surface area contributed by atoms with E-state index >= 15 is 0 Å². The van der Waals surface area contributed by atoms with Gasteiger partial charge in [0.05, 0.1) is 0 Å². The average Bonchev–Trinajstić information content (AvgIpc) is 1.79. The quantitative estimate of drug-likeness (QED) is 0.614. The minimum atomic E-state index is 0. The van der Waals surface area contributed by atoms with Crippen LogP contribution >= 0.6 is 12.4 Å². The molecule has 0 atom stereocenters. The van der Waals surface area contributed by atoms with Gasteiger partial charge in [-0.15, -0.1) is 12.4 Å². The average molecular weight is 214 g/mol. The zero-order chi connectivity index (χ0) is 7.47. The Kier molecular flexibility index (Phi) is 3.61. The Morgan fingerprint density at radius 2 is 1.23 bits per heavy atom. The zero-order valence-corrected chi connectivity index (χ0v) is 10.4. The van der Waals surface area contributed by atoms with E-state index in [0.717, 1.165) is 17.8 Å².